The van der Waals surface area contributed by atoms with E-state index in [1.165, 1.54) is 118 Å². The van der Waals surface area contributed by atoms with E-state index >= 15 is 0 Å². The summed E-state index contributed by atoms with van der Waals surface area (Å²) in [5.74, 6) is 3.18. The normalized spacial score (nSPS) is 28.6. The van der Waals surface area contributed by atoms with E-state index in [1.54, 1.807) is 11.1 Å². The first-order valence-electron chi connectivity index (χ1n) is 22.8. The second kappa shape index (κ2) is 12.6. The van der Waals surface area contributed by atoms with Crippen molar-refractivity contribution in [1.82, 2.24) is 0 Å². The van der Waals surface area contributed by atoms with E-state index in [4.69, 9.17) is 0 Å². The maximum Gasteiger partial charge on any atom is 0.0471 e. The number of nitrogens with zero attached hydrogens (tertiary/aromatic N) is 1. The van der Waals surface area contributed by atoms with Crippen molar-refractivity contribution in [3.8, 4) is 11.1 Å². The molecule has 1 aliphatic heterocycles. The molecule has 1 heterocycles. The van der Waals surface area contributed by atoms with Crippen molar-refractivity contribution in [2.75, 3.05) is 4.90 Å². The van der Waals surface area contributed by atoms with Crippen molar-refractivity contribution in [2.45, 2.75) is 150 Å². The second-order valence-corrected chi connectivity index (χ2v) is 23.4. The Morgan fingerprint density at radius 1 is 0.448 bits per heavy atom. The largest absolute Gasteiger partial charge is 0.310 e. The molecule has 298 valence electrons. The third-order valence-electron chi connectivity index (χ3n) is 17.0. The Balaban J connectivity index is 1.21. The Labute approximate surface area is 353 Å². The van der Waals surface area contributed by atoms with Gasteiger partial charge in [0.25, 0.3) is 0 Å². The van der Waals surface area contributed by atoms with Crippen LogP contribution >= 0.6 is 11.8 Å². The molecular weight excluding hydrogens is 719 g/mol. The molecule has 0 atom stereocenters. The number of rotatable bonds is 4. The Hall–Kier alpha value is -3.75. The minimum atomic E-state index is 0.0412. The monoisotopic (exact) mass is 781 g/mol. The second-order valence-electron chi connectivity index (χ2n) is 22.3. The van der Waals surface area contributed by atoms with Crippen LogP contribution in [0.25, 0.3) is 11.1 Å². The first kappa shape index (κ1) is 37.3. The lowest BCUT2D eigenvalue weighted by Gasteiger charge is -2.63. The molecule has 0 amide bonds. The first-order chi connectivity index (χ1) is 27.7. The number of fused-ring (bicyclic) bond motifs is 4. The van der Waals surface area contributed by atoms with E-state index in [9.17, 15) is 0 Å². The van der Waals surface area contributed by atoms with Gasteiger partial charge in [0, 0.05) is 32.3 Å². The summed E-state index contributed by atoms with van der Waals surface area (Å²) in [6, 6.07) is 41.5. The van der Waals surface area contributed by atoms with Crippen LogP contribution in [0.3, 0.4) is 0 Å². The van der Waals surface area contributed by atoms with Gasteiger partial charge in [-0.1, -0.05) is 128 Å². The summed E-state index contributed by atoms with van der Waals surface area (Å²) in [5, 5.41) is 0. The van der Waals surface area contributed by atoms with Gasteiger partial charge in [0.2, 0.25) is 0 Å². The Kier molecular flexibility index (Phi) is 8.12. The molecule has 0 radical (unpaired) electrons. The van der Waals surface area contributed by atoms with Gasteiger partial charge in [-0.25, -0.2) is 0 Å². The summed E-state index contributed by atoms with van der Waals surface area (Å²) in [4.78, 5) is 5.68. The van der Waals surface area contributed by atoms with E-state index in [1.807, 2.05) is 0 Å². The lowest BCUT2D eigenvalue weighted by Crippen LogP contribution is -2.57. The van der Waals surface area contributed by atoms with Crippen LogP contribution in [0.15, 0.2) is 113 Å². The number of benzene rings is 5. The van der Waals surface area contributed by atoms with Gasteiger partial charge in [-0.15, -0.1) is 0 Å². The summed E-state index contributed by atoms with van der Waals surface area (Å²) in [6.07, 6.45) is 11.9. The zero-order valence-corrected chi connectivity index (χ0v) is 37.2. The molecule has 7 aliphatic rings. The fourth-order valence-corrected chi connectivity index (χ4v) is 15.2. The SMILES string of the molecule is CC1(C)CCC(C)(C)c2cc(N(c3ccc4c(c3)C(C)(C)CCC4(C)C)c3cc(-c4ccccc4)c4c(c3)C3(c5ccccc5S4)C4CC5CC(C4)CC3C5)ccc21. The van der Waals surface area contributed by atoms with Gasteiger partial charge in [0.05, 0.1) is 0 Å². The average molecular weight is 782 g/mol. The maximum atomic E-state index is 2.73. The smallest absolute Gasteiger partial charge is 0.0471 e. The van der Waals surface area contributed by atoms with Gasteiger partial charge in [0.15, 0.2) is 0 Å². The van der Waals surface area contributed by atoms with Gasteiger partial charge >= 0.3 is 0 Å². The lowest BCUT2D eigenvalue weighted by atomic mass is 9.42. The highest BCUT2D eigenvalue weighted by molar-refractivity contribution is 7.99. The standard InChI is InChI=1S/C56H63NS/c1-52(2)22-24-54(5,6)47-32-40(18-20-44(47)52)57(41-19-21-45-48(33-41)55(7,8)25-23-53(45,3)4)42-31-43(37-14-10-9-11-15-37)51-49(34-42)56(46-16-12-13-17-50(46)58-51)38-27-35-26-36(29-38)30-39(56)28-35/h9-21,31-36,38-39H,22-30H2,1-8H3. The summed E-state index contributed by atoms with van der Waals surface area (Å²) >= 11 is 2.05. The molecule has 1 spiro atoms. The molecule has 0 saturated heterocycles. The van der Waals surface area contributed by atoms with Crippen LogP contribution in [0.2, 0.25) is 0 Å². The van der Waals surface area contributed by atoms with Gasteiger partial charge in [-0.3, -0.25) is 0 Å². The van der Waals surface area contributed by atoms with Crippen LogP contribution in [0.1, 0.15) is 147 Å². The van der Waals surface area contributed by atoms with Crippen molar-refractivity contribution in [1.29, 1.82) is 0 Å². The van der Waals surface area contributed by atoms with Crippen LogP contribution in [-0.2, 0) is 27.1 Å². The minimum absolute atomic E-state index is 0.0412. The molecule has 12 rings (SSSR count). The predicted molar refractivity (Wildman–Crippen MR) is 246 cm³/mol. The van der Waals surface area contributed by atoms with Gasteiger partial charge in [-0.2, -0.15) is 0 Å². The molecule has 5 aromatic carbocycles. The fraction of sp³-hybridized carbons (Fsp3) is 0.464. The van der Waals surface area contributed by atoms with Gasteiger partial charge < -0.3 is 4.90 Å². The molecule has 0 aromatic heterocycles. The van der Waals surface area contributed by atoms with Gasteiger partial charge in [-0.05, 0) is 190 Å². The molecule has 0 N–H and O–H groups in total. The third kappa shape index (κ3) is 5.41. The van der Waals surface area contributed by atoms with Crippen LogP contribution in [0.5, 0.6) is 0 Å². The summed E-state index contributed by atoms with van der Waals surface area (Å²) < 4.78 is 0. The highest BCUT2D eigenvalue weighted by atomic mass is 32.2. The van der Waals surface area contributed by atoms with E-state index in [2.05, 4.69) is 175 Å². The summed E-state index contributed by atoms with van der Waals surface area (Å²) in [6.45, 7) is 19.8. The van der Waals surface area contributed by atoms with Crippen molar-refractivity contribution < 1.29 is 0 Å². The average Bonchev–Trinajstić information content (AvgIpc) is 3.20. The van der Waals surface area contributed by atoms with Crippen molar-refractivity contribution in [3.63, 3.8) is 0 Å². The van der Waals surface area contributed by atoms with Crippen LogP contribution < -0.4 is 4.90 Å². The minimum Gasteiger partial charge on any atom is -0.310 e. The van der Waals surface area contributed by atoms with Crippen molar-refractivity contribution in [2.24, 2.45) is 23.7 Å². The first-order valence-corrected chi connectivity index (χ1v) is 23.6. The molecule has 4 fully saturated rings. The van der Waals surface area contributed by atoms with E-state index in [-0.39, 0.29) is 27.1 Å². The van der Waals surface area contributed by atoms with Crippen molar-refractivity contribution in [3.05, 3.63) is 137 Å². The molecule has 1 nitrogen and oxygen atoms in total. The topological polar surface area (TPSA) is 3.24 Å². The van der Waals surface area contributed by atoms with E-state index < -0.39 is 0 Å². The van der Waals surface area contributed by atoms with Crippen LogP contribution in [0.4, 0.5) is 17.1 Å². The fourth-order valence-electron chi connectivity index (χ4n) is 13.8. The van der Waals surface area contributed by atoms with Crippen LogP contribution in [0, 0.1) is 23.7 Å². The zero-order chi connectivity index (χ0) is 40.0. The zero-order valence-electron chi connectivity index (χ0n) is 36.3. The highest BCUT2D eigenvalue weighted by Gasteiger charge is 2.61. The molecule has 6 aliphatic carbocycles. The predicted octanol–water partition coefficient (Wildman–Crippen LogP) is 15.7. The molecular formula is C56H63NS. The molecule has 5 aromatic rings. The molecule has 4 bridgehead atoms. The maximum absolute atomic E-state index is 2.73. The number of hydrogen-bond donors (Lipinski definition) is 0. The summed E-state index contributed by atoms with van der Waals surface area (Å²) in [5.41, 5.74) is 16.5. The highest BCUT2D eigenvalue weighted by Crippen LogP contribution is 2.70. The molecule has 2 heteroatoms. The molecule has 0 unspecified atom stereocenters. The van der Waals surface area contributed by atoms with E-state index in [0.29, 0.717) is 11.8 Å². The van der Waals surface area contributed by atoms with Crippen LogP contribution in [-0.4, -0.2) is 0 Å². The van der Waals surface area contributed by atoms with E-state index in [0.717, 1.165) is 11.8 Å². The Morgan fingerprint density at radius 2 is 0.931 bits per heavy atom. The molecule has 58 heavy (non-hydrogen) atoms. The quantitative estimate of drug-likeness (QED) is 0.179. The lowest BCUT2D eigenvalue weighted by molar-refractivity contribution is -0.0443. The Bertz CT molecular complexity index is 2350. The molecule has 4 saturated carbocycles. The Morgan fingerprint density at radius 3 is 1.48 bits per heavy atom. The third-order valence-corrected chi connectivity index (χ3v) is 18.2. The van der Waals surface area contributed by atoms with Gasteiger partial charge in [0.1, 0.15) is 0 Å². The summed E-state index contributed by atoms with van der Waals surface area (Å²) in [7, 11) is 0. The number of hydrogen-bond acceptors (Lipinski definition) is 2. The number of anilines is 3. The van der Waals surface area contributed by atoms with Crippen molar-refractivity contribution >= 4 is 28.8 Å².